The molecule has 0 saturated carbocycles. The number of hydrogen-bond acceptors (Lipinski definition) is 7. The summed E-state index contributed by atoms with van der Waals surface area (Å²) in [5, 5.41) is 14.4. The van der Waals surface area contributed by atoms with Gasteiger partial charge < -0.3 is 19.9 Å². The Hall–Kier alpha value is -3.17. The van der Waals surface area contributed by atoms with E-state index in [0.717, 1.165) is 44.8 Å². The average molecular weight is 482 g/mol. The van der Waals surface area contributed by atoms with Gasteiger partial charge in [0.15, 0.2) is 0 Å². The van der Waals surface area contributed by atoms with E-state index in [9.17, 15) is 14.9 Å². The Bertz CT molecular complexity index is 1030. The van der Waals surface area contributed by atoms with E-state index in [1.807, 2.05) is 6.92 Å². The van der Waals surface area contributed by atoms with Crippen molar-refractivity contribution in [1.29, 1.82) is 0 Å². The van der Waals surface area contributed by atoms with E-state index in [-0.39, 0.29) is 17.6 Å². The number of amides is 1. The molecule has 9 heteroatoms. The molecule has 35 heavy (non-hydrogen) atoms. The van der Waals surface area contributed by atoms with Crippen LogP contribution < -0.4 is 15.1 Å². The van der Waals surface area contributed by atoms with Crippen LogP contribution in [0.25, 0.3) is 0 Å². The molecule has 2 heterocycles. The van der Waals surface area contributed by atoms with Gasteiger partial charge in [-0.3, -0.25) is 19.8 Å². The first kappa shape index (κ1) is 24.9. The van der Waals surface area contributed by atoms with Crippen LogP contribution in [0.15, 0.2) is 42.5 Å². The summed E-state index contributed by atoms with van der Waals surface area (Å²) in [6, 6.07) is 13.1. The molecule has 0 aromatic heterocycles. The van der Waals surface area contributed by atoms with Gasteiger partial charge in [-0.1, -0.05) is 12.1 Å². The molecule has 2 saturated heterocycles. The lowest BCUT2D eigenvalue weighted by Crippen LogP contribution is -2.47. The van der Waals surface area contributed by atoms with Gasteiger partial charge in [0.05, 0.1) is 29.4 Å². The number of rotatable bonds is 8. The van der Waals surface area contributed by atoms with Gasteiger partial charge in [-0.15, -0.1) is 0 Å². The number of nitro benzene ring substituents is 1. The van der Waals surface area contributed by atoms with E-state index in [4.69, 9.17) is 4.74 Å². The third-order valence-corrected chi connectivity index (χ3v) is 6.78. The summed E-state index contributed by atoms with van der Waals surface area (Å²) in [6.45, 7) is 11.4. The van der Waals surface area contributed by atoms with E-state index in [2.05, 4.69) is 51.2 Å². The van der Waals surface area contributed by atoms with Crippen molar-refractivity contribution >= 4 is 23.0 Å². The predicted molar refractivity (Wildman–Crippen MR) is 138 cm³/mol. The number of ether oxygens (including phenoxy) is 1. The molecule has 0 bridgehead atoms. The van der Waals surface area contributed by atoms with Crippen molar-refractivity contribution in [1.82, 2.24) is 10.2 Å². The summed E-state index contributed by atoms with van der Waals surface area (Å²) in [6.07, 6.45) is 0.817. The van der Waals surface area contributed by atoms with E-state index >= 15 is 0 Å². The molecule has 1 N–H and O–H groups in total. The maximum atomic E-state index is 13.2. The van der Waals surface area contributed by atoms with Gasteiger partial charge in [0.25, 0.3) is 11.6 Å². The van der Waals surface area contributed by atoms with Crippen molar-refractivity contribution in [2.24, 2.45) is 0 Å². The van der Waals surface area contributed by atoms with Gasteiger partial charge in [-0.2, -0.15) is 0 Å². The summed E-state index contributed by atoms with van der Waals surface area (Å²) < 4.78 is 5.42. The lowest BCUT2D eigenvalue weighted by molar-refractivity contribution is -0.384. The molecule has 1 amide bonds. The largest absolute Gasteiger partial charge is 0.378 e. The highest BCUT2D eigenvalue weighted by atomic mass is 16.6. The van der Waals surface area contributed by atoms with Crippen molar-refractivity contribution in [3.63, 3.8) is 0 Å². The highest BCUT2D eigenvalue weighted by Crippen LogP contribution is 2.26. The van der Waals surface area contributed by atoms with Gasteiger partial charge in [-0.25, -0.2) is 0 Å². The van der Waals surface area contributed by atoms with Crippen LogP contribution in [0.5, 0.6) is 0 Å². The predicted octanol–water partition coefficient (Wildman–Crippen LogP) is 3.07. The summed E-state index contributed by atoms with van der Waals surface area (Å²) in [4.78, 5) is 30.9. The number of nitro groups is 1. The SMILES string of the molecule is Cc1cccc(N2CCN(CCC(C)NC(=O)c3cc([N+](=O)[O-])ccc3N3CCOCC3)CC2)c1. The zero-order chi connectivity index (χ0) is 24.8. The summed E-state index contributed by atoms with van der Waals surface area (Å²) in [5.74, 6) is -0.271. The quantitative estimate of drug-likeness (QED) is 0.458. The highest BCUT2D eigenvalue weighted by molar-refractivity contribution is 6.00. The number of aryl methyl sites for hydroxylation is 1. The van der Waals surface area contributed by atoms with Crippen LogP contribution in [0.2, 0.25) is 0 Å². The number of piperazine rings is 1. The van der Waals surface area contributed by atoms with E-state index in [0.29, 0.717) is 31.9 Å². The number of non-ortho nitro benzene ring substituents is 1. The fourth-order valence-corrected chi connectivity index (χ4v) is 4.70. The first-order valence-corrected chi connectivity index (χ1v) is 12.4. The Balaban J connectivity index is 1.31. The number of carbonyl (C=O) groups is 1. The average Bonchev–Trinajstić information content (AvgIpc) is 2.88. The monoisotopic (exact) mass is 481 g/mol. The number of morpholine rings is 1. The second-order valence-corrected chi connectivity index (χ2v) is 9.39. The Labute approximate surface area is 206 Å². The van der Waals surface area contributed by atoms with Crippen LogP contribution in [-0.4, -0.2) is 80.8 Å². The third kappa shape index (κ3) is 6.49. The second-order valence-electron chi connectivity index (χ2n) is 9.39. The molecule has 2 aromatic carbocycles. The highest BCUT2D eigenvalue weighted by Gasteiger charge is 2.23. The Kier molecular flexibility index (Phi) is 8.20. The summed E-state index contributed by atoms with van der Waals surface area (Å²) in [7, 11) is 0. The molecule has 188 valence electrons. The minimum atomic E-state index is -0.459. The van der Waals surface area contributed by atoms with Crippen LogP contribution in [0.1, 0.15) is 29.3 Å². The number of hydrogen-bond donors (Lipinski definition) is 1. The molecule has 0 radical (unpaired) electrons. The van der Waals surface area contributed by atoms with Crippen molar-refractivity contribution < 1.29 is 14.5 Å². The van der Waals surface area contributed by atoms with Crippen molar-refractivity contribution in [2.45, 2.75) is 26.3 Å². The molecular formula is C26H35N5O4. The Morgan fingerprint density at radius 1 is 1.06 bits per heavy atom. The van der Waals surface area contributed by atoms with Crippen molar-refractivity contribution in [2.75, 3.05) is 68.8 Å². The topological polar surface area (TPSA) is 91.2 Å². The van der Waals surface area contributed by atoms with Crippen LogP contribution in [0.4, 0.5) is 17.1 Å². The second kappa shape index (κ2) is 11.5. The van der Waals surface area contributed by atoms with Crippen molar-refractivity contribution in [3.8, 4) is 0 Å². The lowest BCUT2D eigenvalue weighted by atomic mass is 10.1. The minimum absolute atomic E-state index is 0.0471. The Morgan fingerprint density at radius 2 is 1.80 bits per heavy atom. The number of nitrogens with one attached hydrogen (secondary N) is 1. The fourth-order valence-electron chi connectivity index (χ4n) is 4.70. The van der Waals surface area contributed by atoms with Crippen LogP contribution in [0.3, 0.4) is 0 Å². The number of benzene rings is 2. The minimum Gasteiger partial charge on any atom is -0.378 e. The van der Waals surface area contributed by atoms with Gasteiger partial charge in [-0.05, 0) is 44.0 Å². The van der Waals surface area contributed by atoms with Gasteiger partial charge in [0.2, 0.25) is 0 Å². The zero-order valence-electron chi connectivity index (χ0n) is 20.6. The molecule has 1 unspecified atom stereocenters. The molecule has 2 fully saturated rings. The van der Waals surface area contributed by atoms with E-state index < -0.39 is 4.92 Å². The first-order chi connectivity index (χ1) is 16.9. The smallest absolute Gasteiger partial charge is 0.270 e. The van der Waals surface area contributed by atoms with Gasteiger partial charge in [0.1, 0.15) is 0 Å². The van der Waals surface area contributed by atoms with Crippen LogP contribution in [0, 0.1) is 17.0 Å². The van der Waals surface area contributed by atoms with E-state index in [1.165, 1.54) is 23.4 Å². The zero-order valence-corrected chi connectivity index (χ0v) is 20.6. The van der Waals surface area contributed by atoms with Crippen LogP contribution >= 0.6 is 0 Å². The summed E-state index contributed by atoms with van der Waals surface area (Å²) in [5.41, 5.74) is 3.54. The maximum absolute atomic E-state index is 13.2. The third-order valence-electron chi connectivity index (χ3n) is 6.78. The number of carbonyl (C=O) groups excluding carboxylic acids is 1. The fraction of sp³-hybridized carbons (Fsp3) is 0.500. The normalized spacial score (nSPS) is 17.8. The van der Waals surface area contributed by atoms with Crippen molar-refractivity contribution in [3.05, 3.63) is 63.7 Å². The molecule has 0 spiro atoms. The molecule has 1 atom stereocenters. The molecule has 2 aromatic rings. The molecule has 2 aliphatic heterocycles. The lowest BCUT2D eigenvalue weighted by Gasteiger charge is -2.36. The number of nitrogens with zero attached hydrogens (tertiary/aromatic N) is 4. The number of anilines is 2. The standard InChI is InChI=1S/C26H35N5O4/c1-20-4-3-5-22(18-20)29-12-10-28(11-13-29)9-8-21(2)27-26(32)24-19-23(31(33)34)6-7-25(24)30-14-16-35-17-15-30/h3-7,18-19,21H,8-17H2,1-2H3,(H,27,32). The maximum Gasteiger partial charge on any atom is 0.270 e. The first-order valence-electron chi connectivity index (χ1n) is 12.4. The van der Waals surface area contributed by atoms with Crippen LogP contribution in [-0.2, 0) is 4.74 Å². The Morgan fingerprint density at radius 3 is 2.49 bits per heavy atom. The molecule has 0 aliphatic carbocycles. The summed E-state index contributed by atoms with van der Waals surface area (Å²) >= 11 is 0. The van der Waals surface area contributed by atoms with Gasteiger partial charge in [0, 0.05) is 69.7 Å². The van der Waals surface area contributed by atoms with E-state index in [1.54, 1.807) is 6.07 Å². The van der Waals surface area contributed by atoms with Gasteiger partial charge >= 0.3 is 0 Å². The molecule has 4 rings (SSSR count). The molecule has 9 nitrogen and oxygen atoms in total. The molecular weight excluding hydrogens is 446 g/mol. The molecule has 2 aliphatic rings.